The average Bonchev–Trinajstić information content (AvgIpc) is 2.22. The average molecular weight is 238 g/mol. The maximum absolute atomic E-state index is 10.3. The van der Waals surface area contributed by atoms with Crippen molar-refractivity contribution in [3.05, 3.63) is 11.7 Å². The highest BCUT2D eigenvalue weighted by atomic mass is 16.4. The zero-order valence-corrected chi connectivity index (χ0v) is 11.3. The van der Waals surface area contributed by atoms with E-state index in [1.54, 1.807) is 20.8 Å². The zero-order valence-electron chi connectivity index (χ0n) is 11.3. The fourth-order valence-electron chi connectivity index (χ4n) is 1.40. The highest BCUT2D eigenvalue weighted by molar-refractivity contribution is 6.32. The second-order valence-corrected chi connectivity index (χ2v) is 5.18. The van der Waals surface area contributed by atoms with Crippen molar-refractivity contribution in [2.45, 2.75) is 51.9 Å². The van der Waals surface area contributed by atoms with Crippen molar-refractivity contribution in [1.82, 2.24) is 0 Å². The molecule has 0 aromatic rings. The number of aliphatic hydroxyl groups is 2. The number of allylic oxidation sites excluding steroid dienone is 1. The van der Waals surface area contributed by atoms with E-state index in [-0.39, 0.29) is 12.0 Å². The van der Waals surface area contributed by atoms with Gasteiger partial charge >= 0.3 is 0 Å². The molecule has 0 aliphatic carbocycles. The molecule has 4 N–H and O–H groups in total. The molecule has 2 unspecified atom stereocenters. The molecular formula is C12H23BN2O2. The minimum atomic E-state index is -1.25. The normalized spacial score (nSPS) is 21.2. The van der Waals surface area contributed by atoms with Crippen molar-refractivity contribution >= 4 is 14.1 Å². The van der Waals surface area contributed by atoms with E-state index in [4.69, 9.17) is 13.6 Å². The van der Waals surface area contributed by atoms with Crippen LogP contribution in [0.4, 0.5) is 0 Å². The number of rotatable bonds is 5. The predicted octanol–water partition coefficient (Wildman–Crippen LogP) is 0.572. The monoisotopic (exact) mass is 238 g/mol. The van der Waals surface area contributed by atoms with Gasteiger partial charge in [-0.1, -0.05) is 12.4 Å². The van der Waals surface area contributed by atoms with Gasteiger partial charge in [0.05, 0.1) is 17.2 Å². The first kappa shape index (κ1) is 16.2. The Kier molecular flexibility index (Phi) is 5.42. The van der Waals surface area contributed by atoms with E-state index in [1.165, 1.54) is 12.4 Å². The number of hydrogen-bond acceptors (Lipinski definition) is 4. The molecule has 3 atom stereocenters. The van der Waals surface area contributed by atoms with E-state index in [0.717, 1.165) is 0 Å². The lowest BCUT2D eigenvalue weighted by Crippen LogP contribution is -2.54. The molecule has 0 saturated heterocycles. The highest BCUT2D eigenvalue weighted by Crippen LogP contribution is 2.32. The molecule has 0 aliphatic heterocycles. The summed E-state index contributed by atoms with van der Waals surface area (Å²) in [5.74, 6) is -0.232. The molecule has 4 nitrogen and oxygen atoms in total. The molecule has 0 amide bonds. The summed E-state index contributed by atoms with van der Waals surface area (Å²) >= 11 is 0. The predicted molar refractivity (Wildman–Crippen MR) is 72.1 cm³/mol. The molecule has 0 aromatic heterocycles. The number of hydrogen-bond donors (Lipinski definition) is 3. The topological polar surface area (TPSA) is 78.8 Å². The molecule has 0 bridgehead atoms. The Labute approximate surface area is 105 Å². The number of aliphatic imine (C=N–C) groups is 1. The van der Waals surface area contributed by atoms with Crippen LogP contribution in [-0.2, 0) is 0 Å². The summed E-state index contributed by atoms with van der Waals surface area (Å²) < 4.78 is 0. The SMILES string of the molecule is [B]C(C=N[C@H](C)C(C)C(C)(O)C(C)(C)O)=CN. The van der Waals surface area contributed by atoms with Gasteiger partial charge in [0, 0.05) is 12.1 Å². The molecule has 0 saturated carbocycles. The Bertz CT molecular complexity index is 306. The fraction of sp³-hybridized carbons (Fsp3) is 0.750. The maximum Gasteiger partial charge on any atom is 0.117 e. The summed E-state index contributed by atoms with van der Waals surface area (Å²) in [5, 5.41) is 20.2. The third kappa shape index (κ3) is 4.17. The zero-order chi connectivity index (χ0) is 13.9. The molecular weight excluding hydrogens is 215 g/mol. The lowest BCUT2D eigenvalue weighted by Gasteiger charge is -2.42. The van der Waals surface area contributed by atoms with Crippen LogP contribution < -0.4 is 5.73 Å². The number of nitrogens with zero attached hydrogens (tertiary/aromatic N) is 1. The van der Waals surface area contributed by atoms with Crippen LogP contribution in [0.2, 0.25) is 0 Å². The molecule has 0 aromatic carbocycles. The van der Waals surface area contributed by atoms with Gasteiger partial charge in [0.2, 0.25) is 0 Å². The second kappa shape index (κ2) is 5.69. The fourth-order valence-corrected chi connectivity index (χ4v) is 1.40. The van der Waals surface area contributed by atoms with Crippen LogP contribution in [0.3, 0.4) is 0 Å². The van der Waals surface area contributed by atoms with E-state index in [9.17, 15) is 10.2 Å². The van der Waals surface area contributed by atoms with E-state index in [1.807, 2.05) is 13.8 Å². The van der Waals surface area contributed by atoms with Crippen LogP contribution in [0.15, 0.2) is 16.7 Å². The molecule has 0 spiro atoms. The largest absolute Gasteiger partial charge is 0.405 e. The van der Waals surface area contributed by atoms with Crippen LogP contribution >= 0.6 is 0 Å². The lowest BCUT2D eigenvalue weighted by atomic mass is 9.75. The van der Waals surface area contributed by atoms with Crippen molar-refractivity contribution in [1.29, 1.82) is 0 Å². The molecule has 96 valence electrons. The van der Waals surface area contributed by atoms with Crippen LogP contribution in [0, 0.1) is 5.92 Å². The third-order valence-electron chi connectivity index (χ3n) is 3.50. The van der Waals surface area contributed by atoms with Gasteiger partial charge in [-0.05, 0) is 33.9 Å². The summed E-state index contributed by atoms with van der Waals surface area (Å²) in [6.07, 6.45) is 2.72. The molecule has 0 aliphatic rings. The summed E-state index contributed by atoms with van der Waals surface area (Å²) in [4.78, 5) is 4.21. The van der Waals surface area contributed by atoms with Gasteiger partial charge in [-0.25, -0.2) is 0 Å². The Balaban J connectivity index is 4.83. The second-order valence-electron chi connectivity index (χ2n) is 5.18. The molecule has 2 radical (unpaired) electrons. The van der Waals surface area contributed by atoms with E-state index < -0.39 is 11.2 Å². The summed E-state index contributed by atoms with van der Waals surface area (Å²) in [6, 6.07) is -0.185. The van der Waals surface area contributed by atoms with Crippen LogP contribution in [0.25, 0.3) is 0 Å². The first-order chi connectivity index (χ1) is 7.54. The van der Waals surface area contributed by atoms with Gasteiger partial charge in [-0.2, -0.15) is 0 Å². The van der Waals surface area contributed by atoms with Gasteiger partial charge in [-0.3, -0.25) is 4.99 Å². The van der Waals surface area contributed by atoms with E-state index in [0.29, 0.717) is 5.47 Å². The minimum Gasteiger partial charge on any atom is -0.405 e. The Morgan fingerprint density at radius 2 is 1.76 bits per heavy atom. The van der Waals surface area contributed by atoms with Gasteiger partial charge in [-0.15, -0.1) is 0 Å². The van der Waals surface area contributed by atoms with Crippen molar-refractivity contribution in [3.63, 3.8) is 0 Å². The number of nitrogens with two attached hydrogens (primary N) is 1. The molecule has 5 heteroatoms. The summed E-state index contributed by atoms with van der Waals surface area (Å²) in [7, 11) is 5.49. The first-order valence-electron chi connectivity index (χ1n) is 5.69. The van der Waals surface area contributed by atoms with Gasteiger partial charge in [0.15, 0.2) is 0 Å². The van der Waals surface area contributed by atoms with E-state index >= 15 is 0 Å². The molecule has 17 heavy (non-hydrogen) atoms. The van der Waals surface area contributed by atoms with Gasteiger partial charge in [0.1, 0.15) is 7.85 Å². The van der Waals surface area contributed by atoms with E-state index in [2.05, 4.69) is 4.99 Å². The molecule has 0 rings (SSSR count). The van der Waals surface area contributed by atoms with Crippen molar-refractivity contribution in [2.24, 2.45) is 16.6 Å². The van der Waals surface area contributed by atoms with Crippen molar-refractivity contribution < 1.29 is 10.2 Å². The lowest BCUT2D eigenvalue weighted by molar-refractivity contribution is -0.151. The Morgan fingerprint density at radius 1 is 1.29 bits per heavy atom. The Morgan fingerprint density at radius 3 is 2.12 bits per heavy atom. The van der Waals surface area contributed by atoms with Crippen LogP contribution in [0.1, 0.15) is 34.6 Å². The first-order valence-corrected chi connectivity index (χ1v) is 5.69. The molecule has 0 heterocycles. The quantitative estimate of drug-likeness (QED) is 0.484. The standard InChI is InChI=1S/C12H23BN2O2/c1-8(12(5,17)11(3,4)16)9(2)15-7-10(13)6-14/h6-9,16-17H,14H2,1-5H3/t8?,9-,12?/m1/s1. The highest BCUT2D eigenvalue weighted by Gasteiger charge is 2.44. The summed E-state index contributed by atoms with van der Waals surface area (Å²) in [6.45, 7) is 8.45. The third-order valence-corrected chi connectivity index (χ3v) is 3.50. The van der Waals surface area contributed by atoms with Crippen LogP contribution in [-0.4, -0.2) is 41.5 Å². The van der Waals surface area contributed by atoms with Crippen molar-refractivity contribution in [2.75, 3.05) is 0 Å². The van der Waals surface area contributed by atoms with Gasteiger partial charge < -0.3 is 15.9 Å². The Hall–Kier alpha value is -0.805. The minimum absolute atomic E-state index is 0.185. The van der Waals surface area contributed by atoms with Gasteiger partial charge in [0.25, 0.3) is 0 Å². The maximum atomic E-state index is 10.3. The summed E-state index contributed by atoms with van der Waals surface area (Å²) in [5.41, 5.74) is 3.14. The van der Waals surface area contributed by atoms with Crippen molar-refractivity contribution in [3.8, 4) is 0 Å². The van der Waals surface area contributed by atoms with Crippen LogP contribution in [0.5, 0.6) is 0 Å². The molecule has 0 fully saturated rings. The smallest absolute Gasteiger partial charge is 0.117 e.